The summed E-state index contributed by atoms with van der Waals surface area (Å²) < 4.78 is 5.32. The second-order valence-corrected chi connectivity index (χ2v) is 4.65. The summed E-state index contributed by atoms with van der Waals surface area (Å²) in [5, 5.41) is 5.28. The number of benzene rings is 1. The second-order valence-electron chi connectivity index (χ2n) is 4.65. The summed E-state index contributed by atoms with van der Waals surface area (Å²) in [4.78, 5) is 23.8. The first-order chi connectivity index (χ1) is 10.0. The van der Waals surface area contributed by atoms with Gasteiger partial charge in [-0.3, -0.25) is 9.59 Å². The van der Waals surface area contributed by atoms with Crippen LogP contribution in [0.15, 0.2) is 24.3 Å². The molecule has 1 aromatic rings. The van der Waals surface area contributed by atoms with Crippen LogP contribution in [0.1, 0.15) is 30.6 Å². The highest BCUT2D eigenvalue weighted by Crippen LogP contribution is 2.15. The van der Waals surface area contributed by atoms with Crippen LogP contribution in [0, 0.1) is 12.3 Å². The fraction of sp³-hybridized carbons (Fsp3) is 0.375. The fourth-order valence-corrected chi connectivity index (χ4v) is 1.62. The average molecular weight is 288 g/mol. The van der Waals surface area contributed by atoms with Crippen molar-refractivity contribution in [3.8, 4) is 12.3 Å². The minimum Gasteiger partial charge on any atom is -0.378 e. The Bertz CT molecular complexity index is 533. The molecule has 0 spiro atoms. The maximum Gasteiger partial charge on any atom is 0.254 e. The summed E-state index contributed by atoms with van der Waals surface area (Å²) in [5.41, 5.74) is 0.840. The number of hydrogen-bond donors (Lipinski definition) is 2. The highest BCUT2D eigenvalue weighted by molar-refractivity contribution is 6.03. The number of nitrogens with one attached hydrogen (secondary N) is 2. The van der Waals surface area contributed by atoms with Crippen LogP contribution in [-0.2, 0) is 9.53 Å². The Morgan fingerprint density at radius 1 is 1.33 bits per heavy atom. The van der Waals surface area contributed by atoms with Crippen LogP contribution in [0.25, 0.3) is 0 Å². The molecular weight excluding hydrogens is 268 g/mol. The summed E-state index contributed by atoms with van der Waals surface area (Å²) in [6, 6.07) is 6.78. The summed E-state index contributed by atoms with van der Waals surface area (Å²) >= 11 is 0. The van der Waals surface area contributed by atoms with Gasteiger partial charge >= 0.3 is 0 Å². The topological polar surface area (TPSA) is 67.4 Å². The molecule has 5 heteroatoms. The molecular formula is C16H20N2O3. The second kappa shape index (κ2) is 8.77. The molecule has 2 amide bonds. The molecule has 0 bridgehead atoms. The van der Waals surface area contributed by atoms with Crippen LogP contribution >= 0.6 is 0 Å². The molecule has 1 rings (SSSR count). The molecule has 0 aliphatic carbocycles. The van der Waals surface area contributed by atoms with Crippen LogP contribution < -0.4 is 10.6 Å². The number of carbonyl (C=O) groups is 2. The minimum absolute atomic E-state index is 0.0830. The van der Waals surface area contributed by atoms with Gasteiger partial charge in [-0.15, -0.1) is 6.42 Å². The Balaban J connectivity index is 2.64. The lowest BCUT2D eigenvalue weighted by Gasteiger charge is -2.11. The average Bonchev–Trinajstić information content (AvgIpc) is 2.45. The van der Waals surface area contributed by atoms with Crippen molar-refractivity contribution in [3.63, 3.8) is 0 Å². The Morgan fingerprint density at radius 2 is 2.05 bits per heavy atom. The predicted octanol–water partition coefficient (Wildman–Crippen LogP) is 1.80. The van der Waals surface area contributed by atoms with E-state index in [1.165, 1.54) is 0 Å². The molecule has 0 aromatic heterocycles. The standard InChI is InChI=1S/C16H20N2O3/c1-4-10-17-16(20)13-7-5-6-8-14(13)18-15(19)9-11-21-12(2)3/h1,5-8,12H,9-11H2,2-3H3,(H,17,20)(H,18,19). The zero-order valence-electron chi connectivity index (χ0n) is 12.3. The molecule has 0 heterocycles. The van der Waals surface area contributed by atoms with Gasteiger partial charge < -0.3 is 15.4 Å². The van der Waals surface area contributed by atoms with Gasteiger partial charge in [-0.25, -0.2) is 0 Å². The molecule has 0 unspecified atom stereocenters. The summed E-state index contributed by atoms with van der Waals surface area (Å²) in [5.74, 6) is 1.81. The van der Waals surface area contributed by atoms with Gasteiger partial charge in [0.25, 0.3) is 5.91 Å². The first-order valence-electron chi connectivity index (χ1n) is 6.76. The third kappa shape index (κ3) is 6.11. The molecule has 2 N–H and O–H groups in total. The molecule has 0 atom stereocenters. The van der Waals surface area contributed by atoms with Crippen molar-refractivity contribution in [2.45, 2.75) is 26.4 Å². The molecule has 112 valence electrons. The number of terminal acetylenes is 1. The zero-order valence-corrected chi connectivity index (χ0v) is 12.3. The van der Waals surface area contributed by atoms with E-state index in [0.717, 1.165) is 0 Å². The Morgan fingerprint density at radius 3 is 2.71 bits per heavy atom. The van der Waals surface area contributed by atoms with Gasteiger partial charge in [-0.2, -0.15) is 0 Å². The summed E-state index contributed by atoms with van der Waals surface area (Å²) in [7, 11) is 0. The lowest BCUT2D eigenvalue weighted by atomic mass is 10.1. The number of para-hydroxylation sites is 1. The number of carbonyl (C=O) groups excluding carboxylic acids is 2. The van der Waals surface area contributed by atoms with Crippen LogP contribution in [0.3, 0.4) is 0 Å². The van der Waals surface area contributed by atoms with E-state index in [-0.39, 0.29) is 30.9 Å². The van der Waals surface area contributed by atoms with Gasteiger partial charge in [0, 0.05) is 0 Å². The van der Waals surface area contributed by atoms with Crippen LogP contribution in [0.5, 0.6) is 0 Å². The van der Waals surface area contributed by atoms with Gasteiger partial charge in [0.05, 0.1) is 36.9 Å². The third-order valence-corrected chi connectivity index (χ3v) is 2.58. The van der Waals surface area contributed by atoms with Crippen LogP contribution in [-0.4, -0.2) is 31.1 Å². The Kier molecular flexibility index (Phi) is 6.99. The molecule has 0 aliphatic rings. The quantitative estimate of drug-likeness (QED) is 0.752. The van der Waals surface area contributed by atoms with Crippen molar-refractivity contribution in [2.24, 2.45) is 0 Å². The predicted molar refractivity (Wildman–Crippen MR) is 81.9 cm³/mol. The maximum absolute atomic E-state index is 11.9. The van der Waals surface area contributed by atoms with Gasteiger partial charge in [-0.05, 0) is 26.0 Å². The smallest absolute Gasteiger partial charge is 0.254 e. The molecule has 0 saturated carbocycles. The number of anilines is 1. The number of hydrogen-bond acceptors (Lipinski definition) is 3. The van der Waals surface area contributed by atoms with E-state index in [0.29, 0.717) is 17.9 Å². The monoisotopic (exact) mass is 288 g/mol. The Labute approximate surface area is 125 Å². The van der Waals surface area contributed by atoms with Crippen molar-refractivity contribution in [2.75, 3.05) is 18.5 Å². The highest BCUT2D eigenvalue weighted by Gasteiger charge is 2.12. The van der Waals surface area contributed by atoms with Crippen LogP contribution in [0.4, 0.5) is 5.69 Å². The maximum atomic E-state index is 11.9. The summed E-state index contributed by atoms with van der Waals surface area (Å²) in [6.07, 6.45) is 5.42. The molecule has 0 saturated heterocycles. The van der Waals surface area contributed by atoms with E-state index in [1.807, 2.05) is 13.8 Å². The Hall–Kier alpha value is -2.32. The zero-order chi connectivity index (χ0) is 15.7. The molecule has 0 radical (unpaired) electrons. The SMILES string of the molecule is C#CCNC(=O)c1ccccc1NC(=O)CCOC(C)C. The van der Waals surface area contributed by atoms with Gasteiger partial charge in [0.1, 0.15) is 0 Å². The largest absolute Gasteiger partial charge is 0.378 e. The molecule has 0 fully saturated rings. The van der Waals surface area contributed by atoms with E-state index in [2.05, 4.69) is 16.6 Å². The lowest BCUT2D eigenvalue weighted by molar-refractivity contribution is -0.117. The van der Waals surface area contributed by atoms with Crippen molar-refractivity contribution in [1.29, 1.82) is 0 Å². The lowest BCUT2D eigenvalue weighted by Crippen LogP contribution is -2.25. The van der Waals surface area contributed by atoms with E-state index >= 15 is 0 Å². The van der Waals surface area contributed by atoms with Gasteiger partial charge in [0.2, 0.25) is 5.91 Å². The van der Waals surface area contributed by atoms with Crippen molar-refractivity contribution in [1.82, 2.24) is 5.32 Å². The third-order valence-electron chi connectivity index (χ3n) is 2.58. The number of rotatable bonds is 7. The van der Waals surface area contributed by atoms with E-state index in [1.54, 1.807) is 24.3 Å². The van der Waals surface area contributed by atoms with Crippen molar-refractivity contribution < 1.29 is 14.3 Å². The number of amides is 2. The fourth-order valence-electron chi connectivity index (χ4n) is 1.62. The summed E-state index contributed by atoms with van der Waals surface area (Å²) in [6.45, 7) is 4.30. The molecule has 0 aliphatic heterocycles. The van der Waals surface area contributed by atoms with Crippen LogP contribution in [0.2, 0.25) is 0 Å². The first-order valence-corrected chi connectivity index (χ1v) is 6.76. The van der Waals surface area contributed by atoms with Crippen molar-refractivity contribution in [3.05, 3.63) is 29.8 Å². The van der Waals surface area contributed by atoms with Crippen molar-refractivity contribution >= 4 is 17.5 Å². The normalized spacial score (nSPS) is 10.0. The molecule has 21 heavy (non-hydrogen) atoms. The van der Waals surface area contributed by atoms with Gasteiger partial charge in [-0.1, -0.05) is 18.1 Å². The van der Waals surface area contributed by atoms with Gasteiger partial charge in [0.15, 0.2) is 0 Å². The van der Waals surface area contributed by atoms with E-state index in [9.17, 15) is 9.59 Å². The molecule has 1 aromatic carbocycles. The highest BCUT2D eigenvalue weighted by atomic mass is 16.5. The first kappa shape index (κ1) is 16.7. The van der Waals surface area contributed by atoms with E-state index < -0.39 is 0 Å². The number of ether oxygens (including phenoxy) is 1. The van der Waals surface area contributed by atoms with E-state index in [4.69, 9.17) is 11.2 Å². The minimum atomic E-state index is -0.317. The molecule has 5 nitrogen and oxygen atoms in total.